The number of halogens is 2. The zero-order valence-corrected chi connectivity index (χ0v) is 12.5. The normalized spacial score (nSPS) is 10.5. The summed E-state index contributed by atoms with van der Waals surface area (Å²) < 4.78 is 14.0. The zero-order valence-electron chi connectivity index (χ0n) is 10.9. The third kappa shape index (κ3) is 4.35. The SMILES string of the molecule is CCCc1ccc(NCc2cc(F)cc(Br)c2)cc1. The maximum Gasteiger partial charge on any atom is 0.124 e. The van der Waals surface area contributed by atoms with Gasteiger partial charge in [0, 0.05) is 16.7 Å². The van der Waals surface area contributed by atoms with Crippen molar-refractivity contribution in [2.75, 3.05) is 5.32 Å². The molecule has 1 N–H and O–H groups in total. The van der Waals surface area contributed by atoms with Gasteiger partial charge in [-0.2, -0.15) is 0 Å². The summed E-state index contributed by atoms with van der Waals surface area (Å²) in [5, 5.41) is 3.30. The molecule has 0 spiro atoms. The van der Waals surface area contributed by atoms with Crippen molar-refractivity contribution in [1.29, 1.82) is 0 Å². The van der Waals surface area contributed by atoms with E-state index in [0.717, 1.165) is 28.6 Å². The second-order valence-electron chi connectivity index (χ2n) is 4.58. The molecule has 0 aliphatic heterocycles. The fourth-order valence-corrected chi connectivity index (χ4v) is 2.51. The van der Waals surface area contributed by atoms with Gasteiger partial charge in [-0.25, -0.2) is 4.39 Å². The van der Waals surface area contributed by atoms with Crippen molar-refractivity contribution in [3.63, 3.8) is 0 Å². The molecule has 0 bridgehead atoms. The van der Waals surface area contributed by atoms with Crippen LogP contribution in [0, 0.1) is 5.82 Å². The lowest BCUT2D eigenvalue weighted by Gasteiger charge is -2.08. The molecular weight excluding hydrogens is 305 g/mol. The van der Waals surface area contributed by atoms with Crippen molar-refractivity contribution in [2.45, 2.75) is 26.3 Å². The summed E-state index contributed by atoms with van der Waals surface area (Å²) in [5.41, 5.74) is 3.33. The number of rotatable bonds is 5. The Morgan fingerprint density at radius 3 is 2.42 bits per heavy atom. The Kier molecular flexibility index (Phi) is 4.97. The first-order valence-corrected chi connectivity index (χ1v) is 7.24. The van der Waals surface area contributed by atoms with Crippen LogP contribution in [0.1, 0.15) is 24.5 Å². The van der Waals surface area contributed by atoms with Crippen LogP contribution in [-0.4, -0.2) is 0 Å². The summed E-state index contributed by atoms with van der Waals surface area (Å²) in [7, 11) is 0. The van der Waals surface area contributed by atoms with Gasteiger partial charge in [-0.1, -0.05) is 41.4 Å². The van der Waals surface area contributed by atoms with E-state index in [2.05, 4.69) is 52.4 Å². The van der Waals surface area contributed by atoms with Crippen molar-refractivity contribution < 1.29 is 4.39 Å². The van der Waals surface area contributed by atoms with E-state index in [-0.39, 0.29) is 5.82 Å². The highest BCUT2D eigenvalue weighted by Crippen LogP contribution is 2.17. The van der Waals surface area contributed by atoms with Gasteiger partial charge >= 0.3 is 0 Å². The molecule has 2 aromatic rings. The molecule has 19 heavy (non-hydrogen) atoms. The fourth-order valence-electron chi connectivity index (χ4n) is 2.00. The Hall–Kier alpha value is -1.35. The topological polar surface area (TPSA) is 12.0 Å². The van der Waals surface area contributed by atoms with E-state index in [1.54, 1.807) is 6.07 Å². The average Bonchev–Trinajstić information content (AvgIpc) is 2.37. The van der Waals surface area contributed by atoms with Crippen LogP contribution < -0.4 is 5.32 Å². The van der Waals surface area contributed by atoms with Crippen molar-refractivity contribution in [3.05, 3.63) is 63.9 Å². The van der Waals surface area contributed by atoms with Crippen molar-refractivity contribution in [2.24, 2.45) is 0 Å². The highest BCUT2D eigenvalue weighted by molar-refractivity contribution is 9.10. The van der Waals surface area contributed by atoms with Crippen LogP contribution in [0.25, 0.3) is 0 Å². The van der Waals surface area contributed by atoms with Crippen molar-refractivity contribution >= 4 is 21.6 Å². The van der Waals surface area contributed by atoms with Gasteiger partial charge < -0.3 is 5.32 Å². The van der Waals surface area contributed by atoms with Gasteiger partial charge in [0.05, 0.1) is 0 Å². The van der Waals surface area contributed by atoms with E-state index >= 15 is 0 Å². The van der Waals surface area contributed by atoms with Gasteiger partial charge in [-0.3, -0.25) is 0 Å². The minimum absolute atomic E-state index is 0.218. The molecule has 0 saturated heterocycles. The van der Waals surface area contributed by atoms with Crippen LogP contribution in [-0.2, 0) is 13.0 Å². The second-order valence-corrected chi connectivity index (χ2v) is 5.49. The first kappa shape index (κ1) is 14.1. The van der Waals surface area contributed by atoms with Crippen LogP contribution in [0.3, 0.4) is 0 Å². The van der Waals surface area contributed by atoms with Crippen LogP contribution in [0.5, 0.6) is 0 Å². The maximum absolute atomic E-state index is 13.2. The molecule has 0 unspecified atom stereocenters. The predicted octanol–water partition coefficient (Wildman–Crippen LogP) is 5.15. The quantitative estimate of drug-likeness (QED) is 0.802. The molecule has 100 valence electrons. The minimum atomic E-state index is -0.218. The molecule has 3 heteroatoms. The second kappa shape index (κ2) is 6.71. The highest BCUT2D eigenvalue weighted by Gasteiger charge is 1.99. The smallest absolute Gasteiger partial charge is 0.124 e. The number of nitrogens with one attached hydrogen (secondary N) is 1. The summed E-state index contributed by atoms with van der Waals surface area (Å²) in [4.78, 5) is 0. The molecule has 0 fully saturated rings. The zero-order chi connectivity index (χ0) is 13.7. The molecule has 0 aromatic heterocycles. The minimum Gasteiger partial charge on any atom is -0.381 e. The molecular formula is C16H17BrFN. The van der Waals surface area contributed by atoms with Crippen LogP contribution in [0.15, 0.2) is 46.9 Å². The van der Waals surface area contributed by atoms with Gasteiger partial charge in [0.25, 0.3) is 0 Å². The van der Waals surface area contributed by atoms with Gasteiger partial charge in [0.2, 0.25) is 0 Å². The molecule has 1 nitrogen and oxygen atoms in total. The van der Waals surface area contributed by atoms with E-state index in [9.17, 15) is 4.39 Å². The molecule has 0 heterocycles. The highest BCUT2D eigenvalue weighted by atomic mass is 79.9. The lowest BCUT2D eigenvalue weighted by molar-refractivity contribution is 0.625. The Morgan fingerprint density at radius 1 is 1.05 bits per heavy atom. The van der Waals surface area contributed by atoms with E-state index in [0.29, 0.717) is 6.54 Å². The van der Waals surface area contributed by atoms with Crippen LogP contribution in [0.4, 0.5) is 10.1 Å². The van der Waals surface area contributed by atoms with Crippen molar-refractivity contribution in [3.8, 4) is 0 Å². The summed E-state index contributed by atoms with van der Waals surface area (Å²) in [6.07, 6.45) is 2.27. The van der Waals surface area contributed by atoms with Crippen LogP contribution in [0.2, 0.25) is 0 Å². The number of aryl methyl sites for hydroxylation is 1. The summed E-state index contributed by atoms with van der Waals surface area (Å²) in [6, 6.07) is 13.3. The third-order valence-electron chi connectivity index (χ3n) is 2.91. The van der Waals surface area contributed by atoms with Gasteiger partial charge in [0.15, 0.2) is 0 Å². The summed E-state index contributed by atoms with van der Waals surface area (Å²) in [6.45, 7) is 2.79. The van der Waals surface area contributed by atoms with E-state index in [4.69, 9.17) is 0 Å². The van der Waals surface area contributed by atoms with Gasteiger partial charge in [-0.05, 0) is 47.9 Å². The Balaban J connectivity index is 1.98. The fraction of sp³-hybridized carbons (Fsp3) is 0.250. The van der Waals surface area contributed by atoms with E-state index in [1.807, 2.05) is 6.07 Å². The molecule has 2 rings (SSSR count). The molecule has 0 saturated carbocycles. The van der Waals surface area contributed by atoms with Crippen molar-refractivity contribution in [1.82, 2.24) is 0 Å². The molecule has 0 amide bonds. The first-order chi connectivity index (χ1) is 9.17. The lowest BCUT2D eigenvalue weighted by atomic mass is 10.1. The maximum atomic E-state index is 13.2. The Labute approximate surface area is 122 Å². The Morgan fingerprint density at radius 2 is 1.79 bits per heavy atom. The molecule has 0 aliphatic carbocycles. The molecule has 2 aromatic carbocycles. The van der Waals surface area contributed by atoms with Gasteiger partial charge in [-0.15, -0.1) is 0 Å². The number of hydrogen-bond acceptors (Lipinski definition) is 1. The standard InChI is InChI=1S/C16H17BrFN/c1-2-3-12-4-6-16(7-5-12)19-11-13-8-14(17)10-15(18)9-13/h4-10,19H,2-3,11H2,1H3. The summed E-state index contributed by atoms with van der Waals surface area (Å²) in [5.74, 6) is -0.218. The Bertz CT molecular complexity index is 517. The largest absolute Gasteiger partial charge is 0.381 e. The average molecular weight is 322 g/mol. The molecule has 0 aliphatic rings. The monoisotopic (exact) mass is 321 g/mol. The van der Waals surface area contributed by atoms with E-state index < -0.39 is 0 Å². The predicted molar refractivity (Wildman–Crippen MR) is 81.9 cm³/mol. The number of hydrogen-bond donors (Lipinski definition) is 1. The molecule has 0 radical (unpaired) electrons. The number of anilines is 1. The van der Waals surface area contributed by atoms with E-state index in [1.165, 1.54) is 11.6 Å². The summed E-state index contributed by atoms with van der Waals surface area (Å²) >= 11 is 3.30. The number of benzene rings is 2. The third-order valence-corrected chi connectivity index (χ3v) is 3.37. The first-order valence-electron chi connectivity index (χ1n) is 6.45. The lowest BCUT2D eigenvalue weighted by Crippen LogP contribution is -2.00. The van der Waals surface area contributed by atoms with Crippen LogP contribution >= 0.6 is 15.9 Å². The molecule has 0 atom stereocenters. The van der Waals surface area contributed by atoms with Gasteiger partial charge in [0.1, 0.15) is 5.82 Å².